The van der Waals surface area contributed by atoms with E-state index in [1.807, 2.05) is 30.3 Å². The lowest BCUT2D eigenvalue weighted by Gasteiger charge is -2.37. The number of aromatic nitrogens is 4. The molecule has 224 valence electrons. The monoisotopic (exact) mass is 625 g/mol. The number of hydrogen-bond acceptors (Lipinski definition) is 7. The van der Waals surface area contributed by atoms with Gasteiger partial charge in [-0.15, -0.1) is 0 Å². The fraction of sp³-hybridized carbons (Fsp3) is 0.294. The molecule has 0 saturated carbocycles. The summed E-state index contributed by atoms with van der Waals surface area (Å²) in [6, 6.07) is 27.0. The average Bonchev–Trinajstić information content (AvgIpc) is 3.07. The van der Waals surface area contributed by atoms with Crippen molar-refractivity contribution in [2.75, 3.05) is 62.2 Å². The minimum atomic E-state index is 0.218. The molecule has 0 spiro atoms. The van der Waals surface area contributed by atoms with Gasteiger partial charge in [0.1, 0.15) is 17.7 Å². The number of nitrogens with zero attached hydrogens (tertiary/aromatic N) is 7. The van der Waals surface area contributed by atoms with Crippen LogP contribution in [0.1, 0.15) is 23.0 Å². The molecule has 4 heterocycles. The number of benzene rings is 3. The Hall–Kier alpha value is -3.82. The zero-order chi connectivity index (χ0) is 29.9. The smallest absolute Gasteiger partial charge is 0.225 e. The minimum absolute atomic E-state index is 0.218. The quantitative estimate of drug-likeness (QED) is 0.285. The summed E-state index contributed by atoms with van der Waals surface area (Å²) in [7, 11) is 0. The summed E-state index contributed by atoms with van der Waals surface area (Å²) >= 11 is 12.5. The van der Waals surface area contributed by atoms with Crippen LogP contribution < -0.4 is 14.7 Å². The molecule has 2 aliphatic rings. The van der Waals surface area contributed by atoms with Gasteiger partial charge in [-0.25, -0.2) is 19.9 Å². The van der Waals surface area contributed by atoms with Crippen molar-refractivity contribution < 1.29 is 4.90 Å². The van der Waals surface area contributed by atoms with Gasteiger partial charge in [0, 0.05) is 78.2 Å². The molecule has 2 saturated heterocycles. The molecule has 2 fully saturated rings. The van der Waals surface area contributed by atoms with Gasteiger partial charge in [0.15, 0.2) is 0 Å². The zero-order valence-electron chi connectivity index (χ0n) is 24.5. The number of rotatable bonds is 7. The second kappa shape index (κ2) is 13.0. The molecule has 0 unspecified atom stereocenters. The molecular weight excluding hydrogens is 591 g/mol. The molecule has 1 N–H and O–H groups in total. The third-order valence-corrected chi connectivity index (χ3v) is 9.23. The Morgan fingerprint density at radius 3 is 1.89 bits per heavy atom. The first-order valence-electron chi connectivity index (χ1n) is 15.2. The van der Waals surface area contributed by atoms with Crippen LogP contribution in [-0.2, 0) is 6.54 Å². The maximum absolute atomic E-state index is 6.24. The summed E-state index contributed by atoms with van der Waals surface area (Å²) < 4.78 is 0. The lowest BCUT2D eigenvalue weighted by molar-refractivity contribution is -0.930. The molecule has 2 aromatic heterocycles. The summed E-state index contributed by atoms with van der Waals surface area (Å²) in [5.41, 5.74) is 3.53. The zero-order valence-corrected chi connectivity index (χ0v) is 26.0. The van der Waals surface area contributed by atoms with E-state index in [1.165, 1.54) is 16.0 Å². The number of quaternary nitrogens is 1. The summed E-state index contributed by atoms with van der Waals surface area (Å²) in [6.07, 6.45) is 3.60. The molecule has 0 aliphatic carbocycles. The highest BCUT2D eigenvalue weighted by atomic mass is 35.5. The van der Waals surface area contributed by atoms with Gasteiger partial charge in [-0.1, -0.05) is 59.6 Å². The fourth-order valence-electron chi connectivity index (χ4n) is 6.45. The maximum Gasteiger partial charge on any atom is 0.225 e. The molecule has 8 nitrogen and oxygen atoms in total. The molecule has 3 aromatic carbocycles. The lowest BCUT2D eigenvalue weighted by Crippen LogP contribution is -3.15. The van der Waals surface area contributed by atoms with Crippen molar-refractivity contribution in [2.24, 2.45) is 0 Å². The Bertz CT molecular complexity index is 1640. The molecule has 2 aliphatic heterocycles. The molecule has 0 atom stereocenters. The van der Waals surface area contributed by atoms with Gasteiger partial charge < -0.3 is 14.7 Å². The standard InChI is InChI=1S/C34H34Cl2N8/c35-27-10-6-25(7-11-27)32(26-8-12-28(36)13-9-26)42-18-16-41(17-19-42)24-31-39-30-5-2-1-4-29(30)33(40-31)43-20-22-44(23-21-43)34-37-14-3-15-38-34/h1-15,32H,16-24H2/p+1. The predicted molar refractivity (Wildman–Crippen MR) is 177 cm³/mol. The van der Waals surface area contributed by atoms with Crippen LogP contribution >= 0.6 is 23.2 Å². The molecule has 44 heavy (non-hydrogen) atoms. The SMILES string of the molecule is Clc1ccc(C(c2ccc(Cl)cc2)[NH+]2CCN(Cc3nc(N4CCN(c5ncccn5)CC4)c4ccccc4n3)CC2)cc1. The van der Waals surface area contributed by atoms with Crippen molar-refractivity contribution in [1.29, 1.82) is 0 Å². The topological polar surface area (TPSA) is 65.7 Å². The predicted octanol–water partition coefficient (Wildman–Crippen LogP) is 4.54. The Morgan fingerprint density at radius 1 is 0.659 bits per heavy atom. The van der Waals surface area contributed by atoms with Gasteiger partial charge in [0.05, 0.1) is 25.2 Å². The minimum Gasteiger partial charge on any atom is -0.352 e. The lowest BCUT2D eigenvalue weighted by atomic mass is 9.96. The normalized spacial score (nSPS) is 16.6. The van der Waals surface area contributed by atoms with Gasteiger partial charge in [-0.2, -0.15) is 0 Å². The van der Waals surface area contributed by atoms with Crippen LogP contribution in [0.15, 0.2) is 91.3 Å². The van der Waals surface area contributed by atoms with E-state index in [0.29, 0.717) is 0 Å². The van der Waals surface area contributed by atoms with Crippen molar-refractivity contribution in [3.63, 3.8) is 0 Å². The van der Waals surface area contributed by atoms with Crippen LogP contribution in [-0.4, -0.2) is 77.2 Å². The van der Waals surface area contributed by atoms with Gasteiger partial charge in [-0.3, -0.25) is 4.90 Å². The van der Waals surface area contributed by atoms with Crippen LogP contribution in [0.3, 0.4) is 0 Å². The molecule has 0 radical (unpaired) electrons. The van der Waals surface area contributed by atoms with Gasteiger partial charge in [0.2, 0.25) is 5.95 Å². The van der Waals surface area contributed by atoms with Gasteiger partial charge in [-0.05, 0) is 42.5 Å². The summed E-state index contributed by atoms with van der Waals surface area (Å²) in [4.78, 5) is 27.7. The molecule has 10 heteroatoms. The van der Waals surface area contributed by atoms with Crippen LogP contribution in [0.2, 0.25) is 10.0 Å². The highest BCUT2D eigenvalue weighted by Crippen LogP contribution is 2.27. The van der Waals surface area contributed by atoms with E-state index in [9.17, 15) is 0 Å². The first-order valence-corrected chi connectivity index (χ1v) is 16.0. The third-order valence-electron chi connectivity index (χ3n) is 8.72. The fourth-order valence-corrected chi connectivity index (χ4v) is 6.70. The average molecular weight is 627 g/mol. The Morgan fingerprint density at radius 2 is 1.25 bits per heavy atom. The molecule has 0 amide bonds. The van der Waals surface area contributed by atoms with Crippen LogP contribution in [0, 0.1) is 0 Å². The first kappa shape index (κ1) is 28.9. The van der Waals surface area contributed by atoms with Crippen LogP contribution in [0.25, 0.3) is 10.9 Å². The van der Waals surface area contributed by atoms with Gasteiger partial charge >= 0.3 is 0 Å². The van der Waals surface area contributed by atoms with Crippen molar-refractivity contribution >= 4 is 45.9 Å². The number of halogens is 2. The van der Waals surface area contributed by atoms with E-state index in [-0.39, 0.29) is 6.04 Å². The number of hydrogen-bond donors (Lipinski definition) is 1. The largest absolute Gasteiger partial charge is 0.352 e. The molecule has 7 rings (SSSR count). The van der Waals surface area contributed by atoms with E-state index >= 15 is 0 Å². The van der Waals surface area contributed by atoms with Crippen molar-refractivity contribution in [2.45, 2.75) is 12.6 Å². The number of nitrogens with one attached hydrogen (secondary N) is 1. The third kappa shape index (κ3) is 6.35. The van der Waals surface area contributed by atoms with E-state index < -0.39 is 0 Å². The van der Waals surface area contributed by atoms with E-state index in [1.54, 1.807) is 12.4 Å². The summed E-state index contributed by atoms with van der Waals surface area (Å²) in [6.45, 7) is 8.11. The van der Waals surface area contributed by atoms with Crippen LogP contribution in [0.4, 0.5) is 11.8 Å². The Kier molecular flexibility index (Phi) is 8.57. The first-order chi connectivity index (χ1) is 21.6. The van der Waals surface area contributed by atoms with Crippen molar-refractivity contribution in [3.8, 4) is 0 Å². The van der Waals surface area contributed by atoms with Gasteiger partial charge in [0.25, 0.3) is 0 Å². The van der Waals surface area contributed by atoms with Crippen molar-refractivity contribution in [1.82, 2.24) is 24.8 Å². The second-order valence-corrected chi connectivity index (χ2v) is 12.3. The van der Waals surface area contributed by atoms with E-state index in [2.05, 4.69) is 73.2 Å². The summed E-state index contributed by atoms with van der Waals surface area (Å²) in [5.74, 6) is 2.69. The number of fused-ring (bicyclic) bond motifs is 1. The van der Waals surface area contributed by atoms with E-state index in [4.69, 9.17) is 33.2 Å². The molecule has 0 bridgehead atoms. The van der Waals surface area contributed by atoms with Crippen molar-refractivity contribution in [3.05, 3.63) is 118 Å². The number of para-hydroxylation sites is 1. The highest BCUT2D eigenvalue weighted by molar-refractivity contribution is 6.30. The number of anilines is 2. The van der Waals surface area contributed by atoms with E-state index in [0.717, 1.165) is 97.4 Å². The highest BCUT2D eigenvalue weighted by Gasteiger charge is 2.31. The molecule has 5 aromatic rings. The Balaban J connectivity index is 1.06. The van der Waals surface area contributed by atoms with Crippen LogP contribution in [0.5, 0.6) is 0 Å². The number of piperazine rings is 2. The summed E-state index contributed by atoms with van der Waals surface area (Å²) in [5, 5.41) is 2.61. The maximum atomic E-state index is 6.24. The second-order valence-electron chi connectivity index (χ2n) is 11.5. The Labute approximate surface area is 267 Å². The molecular formula is C34H35Cl2N8+.